The number of aryl methyl sites for hydroxylation is 1. The van der Waals surface area contributed by atoms with E-state index in [9.17, 15) is 4.79 Å². The van der Waals surface area contributed by atoms with Crippen LogP contribution in [0.4, 0.5) is 10.5 Å². The highest BCUT2D eigenvalue weighted by Crippen LogP contribution is 2.39. The number of halogens is 2. The van der Waals surface area contributed by atoms with Gasteiger partial charge in [0.25, 0.3) is 0 Å². The van der Waals surface area contributed by atoms with Crippen LogP contribution in [0.25, 0.3) is 10.9 Å². The molecule has 156 valence electrons. The summed E-state index contributed by atoms with van der Waals surface area (Å²) in [6.45, 7) is 2.66. The van der Waals surface area contributed by atoms with E-state index in [2.05, 4.69) is 41.5 Å². The second kappa shape index (κ2) is 7.95. The van der Waals surface area contributed by atoms with Gasteiger partial charge in [0.05, 0.1) is 6.04 Å². The number of aromatic nitrogens is 1. The smallest absolute Gasteiger partial charge is 0.322 e. The molecule has 0 unspecified atom stereocenters. The van der Waals surface area contributed by atoms with E-state index in [-0.39, 0.29) is 12.1 Å². The van der Waals surface area contributed by atoms with Crippen LogP contribution in [0, 0.1) is 6.92 Å². The summed E-state index contributed by atoms with van der Waals surface area (Å²) >= 11 is 12.3. The first-order chi connectivity index (χ1) is 15.0. The van der Waals surface area contributed by atoms with E-state index in [1.54, 1.807) is 24.3 Å². The van der Waals surface area contributed by atoms with Gasteiger partial charge in [0.1, 0.15) is 0 Å². The fraction of sp³-hybridized carbons (Fsp3) is 0.160. The lowest BCUT2D eigenvalue weighted by Gasteiger charge is -2.36. The lowest BCUT2D eigenvalue weighted by Crippen LogP contribution is -2.43. The van der Waals surface area contributed by atoms with Crippen LogP contribution in [0.5, 0.6) is 0 Å². The Hall–Kier alpha value is -2.95. The number of benzene rings is 3. The molecule has 0 saturated carbocycles. The Morgan fingerprint density at radius 1 is 1.00 bits per heavy atom. The predicted octanol–water partition coefficient (Wildman–Crippen LogP) is 6.96. The third kappa shape index (κ3) is 3.78. The van der Waals surface area contributed by atoms with Crippen LogP contribution in [-0.4, -0.2) is 22.5 Å². The maximum absolute atomic E-state index is 13.3. The van der Waals surface area contributed by atoms with Gasteiger partial charge in [-0.25, -0.2) is 4.79 Å². The Morgan fingerprint density at radius 2 is 1.71 bits per heavy atom. The molecule has 1 aromatic heterocycles. The zero-order valence-corrected chi connectivity index (χ0v) is 18.5. The van der Waals surface area contributed by atoms with Crippen LogP contribution in [0.3, 0.4) is 0 Å². The number of carbonyl (C=O) groups excluding carboxylic acids is 1. The summed E-state index contributed by atoms with van der Waals surface area (Å²) in [6, 6.07) is 21.0. The number of urea groups is 1. The number of hydrogen-bond donors (Lipinski definition) is 2. The molecule has 0 aliphatic carbocycles. The first kappa shape index (κ1) is 20.0. The molecular weight excluding hydrogens is 429 g/mol. The van der Waals surface area contributed by atoms with Gasteiger partial charge in [0.2, 0.25) is 0 Å². The normalized spacial score (nSPS) is 15.7. The van der Waals surface area contributed by atoms with Crippen molar-refractivity contribution >= 4 is 45.8 Å². The molecule has 1 aliphatic rings. The molecule has 0 radical (unpaired) electrons. The number of anilines is 1. The molecule has 1 aliphatic heterocycles. The maximum atomic E-state index is 13.3. The molecule has 2 amide bonds. The van der Waals surface area contributed by atoms with Crippen LogP contribution in [0.1, 0.15) is 28.4 Å². The molecule has 4 aromatic rings. The van der Waals surface area contributed by atoms with E-state index < -0.39 is 0 Å². The van der Waals surface area contributed by atoms with Gasteiger partial charge in [-0.1, -0.05) is 53.0 Å². The molecular formula is C25H21Cl2N3O. The monoisotopic (exact) mass is 449 g/mol. The van der Waals surface area contributed by atoms with Crippen molar-refractivity contribution in [1.29, 1.82) is 0 Å². The van der Waals surface area contributed by atoms with E-state index in [0.717, 1.165) is 28.6 Å². The fourth-order valence-electron chi connectivity index (χ4n) is 4.30. The lowest BCUT2D eigenvalue weighted by molar-refractivity contribution is 0.193. The van der Waals surface area contributed by atoms with Gasteiger partial charge >= 0.3 is 6.03 Å². The van der Waals surface area contributed by atoms with Gasteiger partial charge in [-0.15, -0.1) is 0 Å². The molecule has 0 saturated heterocycles. The minimum Gasteiger partial charge on any atom is -0.356 e. The van der Waals surface area contributed by atoms with Crippen molar-refractivity contribution in [3.8, 4) is 0 Å². The number of carbonyl (C=O) groups is 1. The minimum absolute atomic E-state index is 0.143. The third-order valence-electron chi connectivity index (χ3n) is 5.84. The van der Waals surface area contributed by atoms with Crippen molar-refractivity contribution in [2.75, 3.05) is 11.9 Å². The summed E-state index contributed by atoms with van der Waals surface area (Å²) in [7, 11) is 0. The SMILES string of the molecule is Cc1ccc([C@H]2c3[nH]c4ccc(Cl)cc4c3CCN2C(=O)Nc2ccc(Cl)cc2)cc1. The molecule has 2 heterocycles. The minimum atomic E-state index is -0.220. The van der Waals surface area contributed by atoms with Gasteiger partial charge in [-0.05, 0) is 66.9 Å². The van der Waals surface area contributed by atoms with Crippen LogP contribution >= 0.6 is 23.2 Å². The second-order valence-corrected chi connectivity index (χ2v) is 8.77. The largest absolute Gasteiger partial charge is 0.356 e. The van der Waals surface area contributed by atoms with Crippen molar-refractivity contribution in [3.05, 3.63) is 99.2 Å². The first-order valence-electron chi connectivity index (χ1n) is 10.2. The molecule has 31 heavy (non-hydrogen) atoms. The highest BCUT2D eigenvalue weighted by Gasteiger charge is 2.34. The predicted molar refractivity (Wildman–Crippen MR) is 127 cm³/mol. The topological polar surface area (TPSA) is 48.1 Å². The summed E-state index contributed by atoms with van der Waals surface area (Å²) in [5.41, 5.74) is 6.26. The Kier molecular flexibility index (Phi) is 5.12. The Labute approximate surface area is 190 Å². The summed E-state index contributed by atoms with van der Waals surface area (Å²) in [6.07, 6.45) is 0.756. The highest BCUT2D eigenvalue weighted by molar-refractivity contribution is 6.31. The van der Waals surface area contributed by atoms with Crippen molar-refractivity contribution in [2.24, 2.45) is 0 Å². The molecule has 3 aromatic carbocycles. The first-order valence-corrected chi connectivity index (χ1v) is 10.9. The Balaban J connectivity index is 1.58. The molecule has 1 atom stereocenters. The molecule has 0 spiro atoms. The van der Waals surface area contributed by atoms with Crippen LogP contribution in [-0.2, 0) is 6.42 Å². The zero-order valence-electron chi connectivity index (χ0n) is 17.0. The van der Waals surface area contributed by atoms with E-state index in [4.69, 9.17) is 23.2 Å². The second-order valence-electron chi connectivity index (χ2n) is 7.90. The zero-order chi connectivity index (χ0) is 21.5. The number of nitrogens with zero attached hydrogens (tertiary/aromatic N) is 1. The molecule has 0 fully saturated rings. The van der Waals surface area contributed by atoms with Gasteiger partial charge < -0.3 is 15.2 Å². The fourth-order valence-corrected chi connectivity index (χ4v) is 4.60. The number of fused-ring (bicyclic) bond motifs is 3. The third-order valence-corrected chi connectivity index (χ3v) is 6.33. The van der Waals surface area contributed by atoms with Crippen LogP contribution in [0.2, 0.25) is 10.0 Å². The lowest BCUT2D eigenvalue weighted by atomic mass is 9.92. The Bertz CT molecular complexity index is 1260. The van der Waals surface area contributed by atoms with Crippen LogP contribution < -0.4 is 5.32 Å². The van der Waals surface area contributed by atoms with Crippen molar-refractivity contribution in [2.45, 2.75) is 19.4 Å². The number of rotatable bonds is 2. The average Bonchev–Trinajstić information content (AvgIpc) is 3.13. The van der Waals surface area contributed by atoms with Gasteiger partial charge in [0, 0.05) is 38.9 Å². The molecule has 6 heteroatoms. The number of amides is 2. The van der Waals surface area contributed by atoms with E-state index in [1.807, 2.05) is 23.1 Å². The molecule has 0 bridgehead atoms. The van der Waals surface area contributed by atoms with Crippen molar-refractivity contribution < 1.29 is 4.79 Å². The number of nitrogens with one attached hydrogen (secondary N) is 2. The van der Waals surface area contributed by atoms with Gasteiger partial charge in [-0.3, -0.25) is 0 Å². The summed E-state index contributed by atoms with van der Waals surface area (Å²) in [5.74, 6) is 0. The number of aromatic amines is 1. The highest BCUT2D eigenvalue weighted by atomic mass is 35.5. The van der Waals surface area contributed by atoms with Gasteiger partial charge in [0.15, 0.2) is 0 Å². The summed E-state index contributed by atoms with van der Waals surface area (Å²) < 4.78 is 0. The van der Waals surface area contributed by atoms with E-state index in [0.29, 0.717) is 22.3 Å². The van der Waals surface area contributed by atoms with E-state index >= 15 is 0 Å². The van der Waals surface area contributed by atoms with Crippen molar-refractivity contribution in [3.63, 3.8) is 0 Å². The van der Waals surface area contributed by atoms with Crippen LogP contribution in [0.15, 0.2) is 66.7 Å². The van der Waals surface area contributed by atoms with Gasteiger partial charge in [-0.2, -0.15) is 0 Å². The van der Waals surface area contributed by atoms with E-state index in [1.165, 1.54) is 11.1 Å². The molecule has 4 nitrogen and oxygen atoms in total. The molecule has 5 rings (SSSR count). The standard InChI is InChI=1S/C25H21Cl2N3O/c1-15-2-4-16(5-3-15)24-23-20(21-14-18(27)8-11-22(21)29-23)12-13-30(24)25(31)28-19-9-6-17(26)7-10-19/h2-11,14,24,29H,12-13H2,1H3,(H,28,31)/t24-/m0/s1. The Morgan fingerprint density at radius 3 is 2.45 bits per heavy atom. The molecule has 2 N–H and O–H groups in total. The maximum Gasteiger partial charge on any atom is 0.322 e. The number of hydrogen-bond acceptors (Lipinski definition) is 1. The van der Waals surface area contributed by atoms with Crippen molar-refractivity contribution in [1.82, 2.24) is 9.88 Å². The quantitative estimate of drug-likeness (QED) is 0.341. The summed E-state index contributed by atoms with van der Waals surface area (Å²) in [4.78, 5) is 18.8. The summed E-state index contributed by atoms with van der Waals surface area (Å²) in [5, 5.41) is 5.49. The average molecular weight is 450 g/mol. The number of H-pyrrole nitrogens is 1.